The third-order valence-corrected chi connectivity index (χ3v) is 4.94. The minimum atomic E-state index is -0.120. The lowest BCUT2D eigenvalue weighted by atomic mass is 10.1. The number of nitrogens with zero attached hydrogens (tertiary/aromatic N) is 1. The fraction of sp³-hybridized carbons (Fsp3) is 0.632. The molecule has 0 aromatic heterocycles. The predicted molar refractivity (Wildman–Crippen MR) is 95.7 cm³/mol. The zero-order valence-electron chi connectivity index (χ0n) is 15.3. The second-order valence-electron chi connectivity index (χ2n) is 6.59. The molecule has 0 saturated heterocycles. The van der Waals surface area contributed by atoms with Gasteiger partial charge in [-0.25, -0.2) is 0 Å². The van der Waals surface area contributed by atoms with Crippen LogP contribution in [0.1, 0.15) is 38.2 Å². The van der Waals surface area contributed by atoms with Crippen molar-refractivity contribution < 1.29 is 14.3 Å². The standard InChI is InChI=1S/C19H30N2O3/c1-14(19(22)20-16-7-5-6-8-16)21(2)12-11-15-9-10-17(23-3)18(13-15)24-4/h9-10,13-14,16H,5-8,11-12H2,1-4H3,(H,20,22). The molecule has 1 atom stereocenters. The van der Waals surface area contributed by atoms with Gasteiger partial charge in [0.1, 0.15) is 0 Å². The molecule has 134 valence electrons. The van der Waals surface area contributed by atoms with Crippen LogP contribution in [0.3, 0.4) is 0 Å². The fourth-order valence-electron chi connectivity index (χ4n) is 3.13. The van der Waals surface area contributed by atoms with E-state index in [2.05, 4.69) is 10.2 Å². The monoisotopic (exact) mass is 334 g/mol. The van der Waals surface area contributed by atoms with E-state index in [1.165, 1.54) is 18.4 Å². The van der Waals surface area contributed by atoms with Gasteiger partial charge in [0.15, 0.2) is 11.5 Å². The molecular formula is C19H30N2O3. The van der Waals surface area contributed by atoms with Crippen molar-refractivity contribution in [2.45, 2.75) is 51.1 Å². The topological polar surface area (TPSA) is 50.8 Å². The Morgan fingerprint density at radius 2 is 1.92 bits per heavy atom. The molecule has 0 aliphatic heterocycles. The van der Waals surface area contributed by atoms with Gasteiger partial charge in [0.2, 0.25) is 5.91 Å². The lowest BCUT2D eigenvalue weighted by Gasteiger charge is -2.25. The van der Waals surface area contributed by atoms with Crippen molar-refractivity contribution in [1.82, 2.24) is 10.2 Å². The van der Waals surface area contributed by atoms with E-state index < -0.39 is 0 Å². The molecule has 1 fully saturated rings. The van der Waals surface area contributed by atoms with Gasteiger partial charge in [-0.05, 0) is 50.9 Å². The van der Waals surface area contributed by atoms with Gasteiger partial charge in [-0.1, -0.05) is 18.9 Å². The molecule has 1 unspecified atom stereocenters. The number of carbonyl (C=O) groups is 1. The van der Waals surface area contributed by atoms with Crippen LogP contribution in [0.25, 0.3) is 0 Å². The summed E-state index contributed by atoms with van der Waals surface area (Å²) in [5, 5.41) is 3.17. The van der Waals surface area contributed by atoms with Crippen molar-refractivity contribution in [3.8, 4) is 11.5 Å². The van der Waals surface area contributed by atoms with Crippen LogP contribution < -0.4 is 14.8 Å². The smallest absolute Gasteiger partial charge is 0.237 e. The minimum absolute atomic E-state index is 0.120. The number of nitrogens with one attached hydrogen (secondary N) is 1. The minimum Gasteiger partial charge on any atom is -0.493 e. The lowest BCUT2D eigenvalue weighted by molar-refractivity contribution is -0.126. The predicted octanol–water partition coefficient (Wildman–Crippen LogP) is 2.63. The van der Waals surface area contributed by atoms with Crippen molar-refractivity contribution in [2.24, 2.45) is 0 Å². The molecular weight excluding hydrogens is 304 g/mol. The highest BCUT2D eigenvalue weighted by molar-refractivity contribution is 5.81. The lowest BCUT2D eigenvalue weighted by Crippen LogP contribution is -2.46. The Morgan fingerprint density at radius 3 is 2.54 bits per heavy atom. The number of methoxy groups -OCH3 is 2. The Labute approximate surface area is 145 Å². The largest absolute Gasteiger partial charge is 0.493 e. The van der Waals surface area contributed by atoms with E-state index in [-0.39, 0.29) is 11.9 Å². The van der Waals surface area contributed by atoms with Crippen LogP contribution in [-0.2, 0) is 11.2 Å². The van der Waals surface area contributed by atoms with E-state index in [0.29, 0.717) is 6.04 Å². The third-order valence-electron chi connectivity index (χ3n) is 4.94. The van der Waals surface area contributed by atoms with E-state index in [4.69, 9.17) is 9.47 Å². The molecule has 1 aromatic rings. The summed E-state index contributed by atoms with van der Waals surface area (Å²) in [6, 6.07) is 6.21. The fourth-order valence-corrected chi connectivity index (χ4v) is 3.13. The van der Waals surface area contributed by atoms with Gasteiger partial charge < -0.3 is 14.8 Å². The van der Waals surface area contributed by atoms with Crippen LogP contribution in [0.4, 0.5) is 0 Å². The highest BCUT2D eigenvalue weighted by Crippen LogP contribution is 2.27. The quantitative estimate of drug-likeness (QED) is 0.794. The molecule has 0 spiro atoms. The van der Waals surface area contributed by atoms with Gasteiger partial charge in [0, 0.05) is 12.6 Å². The number of amides is 1. The molecule has 1 aromatic carbocycles. The molecule has 1 aliphatic rings. The van der Waals surface area contributed by atoms with Crippen molar-refractivity contribution >= 4 is 5.91 Å². The first kappa shape index (κ1) is 18.6. The second kappa shape index (κ2) is 8.92. The molecule has 1 aliphatic carbocycles. The highest BCUT2D eigenvalue weighted by atomic mass is 16.5. The molecule has 1 saturated carbocycles. The van der Waals surface area contributed by atoms with Crippen molar-refractivity contribution in [3.63, 3.8) is 0 Å². The summed E-state index contributed by atoms with van der Waals surface area (Å²) in [5.74, 6) is 1.61. The van der Waals surface area contributed by atoms with Crippen molar-refractivity contribution in [2.75, 3.05) is 27.8 Å². The molecule has 2 rings (SSSR count). The van der Waals surface area contributed by atoms with Crippen LogP contribution in [0, 0.1) is 0 Å². The summed E-state index contributed by atoms with van der Waals surface area (Å²) < 4.78 is 10.6. The van der Waals surface area contributed by atoms with E-state index in [1.807, 2.05) is 32.2 Å². The van der Waals surface area contributed by atoms with E-state index in [0.717, 1.165) is 37.3 Å². The zero-order chi connectivity index (χ0) is 17.5. The average molecular weight is 334 g/mol. The molecule has 5 nitrogen and oxygen atoms in total. The first-order valence-corrected chi connectivity index (χ1v) is 8.76. The molecule has 0 radical (unpaired) electrons. The molecule has 0 heterocycles. The summed E-state index contributed by atoms with van der Waals surface area (Å²) in [5.41, 5.74) is 1.17. The summed E-state index contributed by atoms with van der Waals surface area (Å²) in [6.45, 7) is 2.79. The number of ether oxygens (including phenoxy) is 2. The third kappa shape index (κ3) is 4.87. The maximum absolute atomic E-state index is 12.3. The first-order chi connectivity index (χ1) is 11.5. The first-order valence-electron chi connectivity index (χ1n) is 8.76. The SMILES string of the molecule is COc1ccc(CCN(C)C(C)C(=O)NC2CCCC2)cc1OC. The van der Waals surface area contributed by atoms with E-state index >= 15 is 0 Å². The Bertz CT molecular complexity index is 541. The number of rotatable bonds is 8. The van der Waals surface area contributed by atoms with Crippen LogP contribution in [0.5, 0.6) is 11.5 Å². The second-order valence-corrected chi connectivity index (χ2v) is 6.59. The highest BCUT2D eigenvalue weighted by Gasteiger charge is 2.22. The van der Waals surface area contributed by atoms with Crippen LogP contribution in [0.2, 0.25) is 0 Å². The Morgan fingerprint density at radius 1 is 1.25 bits per heavy atom. The Kier molecular flexibility index (Phi) is 6.91. The molecule has 24 heavy (non-hydrogen) atoms. The summed E-state index contributed by atoms with van der Waals surface area (Å²) in [4.78, 5) is 14.4. The van der Waals surface area contributed by atoms with Gasteiger partial charge in [-0.15, -0.1) is 0 Å². The van der Waals surface area contributed by atoms with Gasteiger partial charge in [-0.3, -0.25) is 9.69 Å². The van der Waals surface area contributed by atoms with Crippen LogP contribution >= 0.6 is 0 Å². The maximum atomic E-state index is 12.3. The van der Waals surface area contributed by atoms with Crippen LogP contribution in [0.15, 0.2) is 18.2 Å². The molecule has 5 heteroatoms. The molecule has 1 amide bonds. The normalized spacial score (nSPS) is 16.2. The number of benzene rings is 1. The van der Waals surface area contributed by atoms with Gasteiger partial charge in [0.05, 0.1) is 20.3 Å². The number of hydrogen-bond acceptors (Lipinski definition) is 4. The number of hydrogen-bond donors (Lipinski definition) is 1. The molecule has 1 N–H and O–H groups in total. The van der Waals surface area contributed by atoms with E-state index in [9.17, 15) is 4.79 Å². The molecule has 0 bridgehead atoms. The zero-order valence-corrected chi connectivity index (χ0v) is 15.3. The average Bonchev–Trinajstić information content (AvgIpc) is 3.11. The van der Waals surface area contributed by atoms with Crippen molar-refractivity contribution in [1.29, 1.82) is 0 Å². The Hall–Kier alpha value is -1.75. The maximum Gasteiger partial charge on any atom is 0.237 e. The van der Waals surface area contributed by atoms with Gasteiger partial charge in [-0.2, -0.15) is 0 Å². The van der Waals surface area contributed by atoms with Gasteiger partial charge in [0.25, 0.3) is 0 Å². The van der Waals surface area contributed by atoms with Gasteiger partial charge >= 0.3 is 0 Å². The van der Waals surface area contributed by atoms with Crippen LogP contribution in [-0.4, -0.2) is 50.7 Å². The summed E-state index contributed by atoms with van der Waals surface area (Å²) in [7, 11) is 5.28. The Balaban J connectivity index is 1.85. The number of likely N-dealkylation sites (N-methyl/N-ethyl adjacent to an activating group) is 1. The van der Waals surface area contributed by atoms with E-state index in [1.54, 1.807) is 14.2 Å². The van der Waals surface area contributed by atoms with Crippen molar-refractivity contribution in [3.05, 3.63) is 23.8 Å². The number of carbonyl (C=O) groups excluding carboxylic acids is 1. The summed E-state index contributed by atoms with van der Waals surface area (Å²) >= 11 is 0. The summed E-state index contributed by atoms with van der Waals surface area (Å²) in [6.07, 6.45) is 5.56.